The molecule has 5 atom stereocenters. The number of hydrogen-bond acceptors (Lipinski definition) is 8. The van der Waals surface area contributed by atoms with Crippen LogP contribution in [-0.2, 0) is 32.7 Å². The van der Waals surface area contributed by atoms with Gasteiger partial charge in [0.15, 0.2) is 16.6 Å². The standard InChI is InChI=1S/C40H70INO8Si2/c1-16-17-22-33(48-38(42)45)34(50-52(14,15)40(8,9)10)25-24-32(49-51(12,13)39(5,6)7)21-19-18-20-23-36(43)47-35(26-29(2)28-41)30(3)27-31(4)37(44)46-11/h16,20,23-25,27-28,30,32-35H,1,17-19,21-22,26H2,2-15H3,(H2,42,45)/b23-20+,25-24+,29-28-,31-27+/t30-,32+,33+,34+,35-/m1/s1. The average Bonchev–Trinajstić information content (AvgIpc) is 3.02. The third kappa shape index (κ3) is 18.8. The van der Waals surface area contributed by atoms with E-state index in [2.05, 4.69) is 103 Å². The topological polar surface area (TPSA) is 123 Å². The second-order valence-corrected chi connectivity index (χ2v) is 26.8. The SMILES string of the molecule is C=CCC[C@H](OC(N)=O)[C@H](/C=C/[C@H](CCC/C=C/C(=O)O[C@H](C/C(C)=C\I)[C@H](C)/C=C(\C)C(=O)OC)O[Si](C)(C)C(C)(C)C)O[Si](C)(C)C(C)(C)C. The Morgan fingerprint density at radius 1 is 0.865 bits per heavy atom. The molecule has 0 unspecified atom stereocenters. The molecule has 0 heterocycles. The molecule has 0 aromatic rings. The number of carbonyl (C=O) groups excluding carboxylic acids is 3. The van der Waals surface area contributed by atoms with E-state index < -0.39 is 53.0 Å². The molecule has 0 fully saturated rings. The molecule has 0 aromatic carbocycles. The van der Waals surface area contributed by atoms with Crippen molar-refractivity contribution < 1.29 is 37.4 Å². The number of hydrogen-bond donors (Lipinski definition) is 1. The molecule has 0 rings (SSSR count). The molecule has 0 aliphatic heterocycles. The van der Waals surface area contributed by atoms with E-state index in [0.29, 0.717) is 37.7 Å². The van der Waals surface area contributed by atoms with E-state index in [-0.39, 0.29) is 22.1 Å². The molecule has 0 radical (unpaired) electrons. The minimum atomic E-state index is -2.28. The minimum Gasteiger partial charge on any atom is -0.466 e. The zero-order chi connectivity index (χ0) is 40.5. The molecule has 298 valence electrons. The molecule has 0 aromatic heterocycles. The van der Waals surface area contributed by atoms with E-state index in [9.17, 15) is 14.4 Å². The van der Waals surface area contributed by atoms with Crippen molar-refractivity contribution in [3.05, 3.63) is 58.3 Å². The van der Waals surface area contributed by atoms with Gasteiger partial charge >= 0.3 is 18.0 Å². The number of halogens is 1. The van der Waals surface area contributed by atoms with E-state index >= 15 is 0 Å². The van der Waals surface area contributed by atoms with E-state index in [1.807, 2.05) is 30.1 Å². The maximum Gasteiger partial charge on any atom is 0.404 e. The second kappa shape index (κ2) is 23.0. The Balaban J connectivity index is 6.20. The molecule has 9 nitrogen and oxygen atoms in total. The molecule has 52 heavy (non-hydrogen) atoms. The van der Waals surface area contributed by atoms with E-state index in [1.165, 1.54) is 13.2 Å². The lowest BCUT2D eigenvalue weighted by Crippen LogP contribution is -2.48. The van der Waals surface area contributed by atoms with Gasteiger partial charge in [0.05, 0.1) is 13.2 Å². The lowest BCUT2D eigenvalue weighted by atomic mass is 9.96. The first kappa shape index (κ1) is 50.0. The van der Waals surface area contributed by atoms with Gasteiger partial charge in [-0.05, 0) is 86.3 Å². The van der Waals surface area contributed by atoms with Crippen LogP contribution in [0.4, 0.5) is 4.79 Å². The summed E-state index contributed by atoms with van der Waals surface area (Å²) in [4.78, 5) is 36.9. The fourth-order valence-corrected chi connectivity index (χ4v) is 7.52. The summed E-state index contributed by atoms with van der Waals surface area (Å²) in [5.41, 5.74) is 7.07. The first-order valence-corrected chi connectivity index (χ1v) is 25.4. The molecule has 0 aliphatic carbocycles. The quantitative estimate of drug-likeness (QED) is 0.0217. The lowest BCUT2D eigenvalue weighted by molar-refractivity contribution is -0.144. The maximum atomic E-state index is 12.9. The number of amides is 1. The number of rotatable bonds is 22. The van der Waals surface area contributed by atoms with Crippen molar-refractivity contribution in [2.45, 2.75) is 162 Å². The third-order valence-electron chi connectivity index (χ3n) is 9.99. The summed E-state index contributed by atoms with van der Waals surface area (Å²) in [7, 11) is -3.12. The van der Waals surface area contributed by atoms with Crippen molar-refractivity contribution in [2.75, 3.05) is 7.11 Å². The van der Waals surface area contributed by atoms with Crippen LogP contribution in [0.3, 0.4) is 0 Å². The van der Waals surface area contributed by atoms with Crippen LogP contribution in [0.25, 0.3) is 0 Å². The first-order chi connectivity index (χ1) is 23.8. The first-order valence-electron chi connectivity index (χ1n) is 18.3. The Labute approximate surface area is 331 Å². The molecular weight excluding hydrogens is 806 g/mol. The van der Waals surface area contributed by atoms with E-state index in [4.69, 9.17) is 28.8 Å². The summed E-state index contributed by atoms with van der Waals surface area (Å²) in [6, 6.07) is 0. The molecule has 1 amide bonds. The van der Waals surface area contributed by atoms with Crippen molar-refractivity contribution in [1.29, 1.82) is 0 Å². The summed E-state index contributed by atoms with van der Waals surface area (Å²) in [6.07, 6.45) is 12.2. The highest BCUT2D eigenvalue weighted by Gasteiger charge is 2.42. The van der Waals surface area contributed by atoms with Gasteiger partial charge in [0.25, 0.3) is 0 Å². The second-order valence-electron chi connectivity index (χ2n) is 16.7. The molecule has 0 spiro atoms. The lowest BCUT2D eigenvalue weighted by Gasteiger charge is -2.41. The van der Waals surface area contributed by atoms with Crippen LogP contribution >= 0.6 is 22.6 Å². The monoisotopic (exact) mass is 875 g/mol. The van der Waals surface area contributed by atoms with Gasteiger partial charge in [-0.2, -0.15) is 0 Å². The molecule has 0 saturated carbocycles. The van der Waals surface area contributed by atoms with Gasteiger partial charge in [0, 0.05) is 24.0 Å². The molecule has 0 aliphatic rings. The Kier molecular flexibility index (Phi) is 22.1. The number of nitrogens with two attached hydrogens (primary N) is 1. The highest BCUT2D eigenvalue weighted by atomic mass is 127. The molecule has 12 heteroatoms. The predicted molar refractivity (Wildman–Crippen MR) is 227 cm³/mol. The molecule has 0 bridgehead atoms. The van der Waals surface area contributed by atoms with Gasteiger partial charge in [-0.1, -0.05) is 107 Å². The Morgan fingerprint density at radius 3 is 1.94 bits per heavy atom. The highest BCUT2D eigenvalue weighted by Crippen LogP contribution is 2.40. The van der Waals surface area contributed by atoms with Crippen molar-refractivity contribution in [3.63, 3.8) is 0 Å². The van der Waals surface area contributed by atoms with Crippen LogP contribution in [0.1, 0.15) is 101 Å². The fourth-order valence-electron chi connectivity index (χ4n) is 4.69. The molecule has 2 N–H and O–H groups in total. The van der Waals surface area contributed by atoms with E-state index in [0.717, 1.165) is 12.0 Å². The van der Waals surface area contributed by atoms with Crippen LogP contribution < -0.4 is 5.73 Å². The zero-order valence-electron chi connectivity index (χ0n) is 34.6. The number of carbonyl (C=O) groups is 3. The summed E-state index contributed by atoms with van der Waals surface area (Å²) in [6.45, 7) is 31.4. The number of ether oxygens (including phenoxy) is 3. The number of methoxy groups -OCH3 is 1. The summed E-state index contributed by atoms with van der Waals surface area (Å²) in [5, 5.41) is -0.0776. The van der Waals surface area contributed by atoms with Gasteiger partial charge in [-0.15, -0.1) is 6.58 Å². The zero-order valence-corrected chi connectivity index (χ0v) is 38.8. The third-order valence-corrected chi connectivity index (χ3v) is 20.0. The molecule has 0 saturated heterocycles. The van der Waals surface area contributed by atoms with Gasteiger partial charge in [-0.25, -0.2) is 14.4 Å². The predicted octanol–water partition coefficient (Wildman–Crippen LogP) is 10.9. The van der Waals surface area contributed by atoms with Gasteiger partial charge in [0.2, 0.25) is 0 Å². The number of esters is 2. The van der Waals surface area contributed by atoms with Crippen LogP contribution in [0, 0.1) is 5.92 Å². The normalized spacial score (nSPS) is 16.7. The highest BCUT2D eigenvalue weighted by molar-refractivity contribution is 14.1. The largest absolute Gasteiger partial charge is 0.466 e. The van der Waals surface area contributed by atoms with Crippen LogP contribution in [0.15, 0.2) is 58.3 Å². The molecular formula is C40H70INO8Si2. The van der Waals surface area contributed by atoms with Crippen molar-refractivity contribution >= 4 is 57.3 Å². The van der Waals surface area contributed by atoms with Crippen LogP contribution in [0.5, 0.6) is 0 Å². The summed E-state index contributed by atoms with van der Waals surface area (Å²) < 4.78 is 32.0. The Morgan fingerprint density at radius 2 is 1.44 bits per heavy atom. The van der Waals surface area contributed by atoms with Gasteiger partial charge < -0.3 is 28.8 Å². The van der Waals surface area contributed by atoms with Crippen molar-refractivity contribution in [3.8, 4) is 0 Å². The summed E-state index contributed by atoms with van der Waals surface area (Å²) in [5.74, 6) is -1.03. The Hall–Kier alpha value is -2.01. The number of primary amides is 1. The van der Waals surface area contributed by atoms with Gasteiger partial charge in [-0.3, -0.25) is 0 Å². The van der Waals surface area contributed by atoms with Crippen LogP contribution in [0.2, 0.25) is 36.3 Å². The van der Waals surface area contributed by atoms with Crippen molar-refractivity contribution in [1.82, 2.24) is 0 Å². The van der Waals surface area contributed by atoms with Gasteiger partial charge in [0.1, 0.15) is 18.3 Å². The fraction of sp³-hybridized carbons (Fsp3) is 0.675. The Bertz CT molecular complexity index is 1280. The smallest absolute Gasteiger partial charge is 0.404 e. The summed E-state index contributed by atoms with van der Waals surface area (Å²) >= 11 is 2.17. The van der Waals surface area contributed by atoms with Crippen LogP contribution in [-0.4, -0.2) is 66.2 Å². The van der Waals surface area contributed by atoms with E-state index in [1.54, 1.807) is 19.1 Å². The van der Waals surface area contributed by atoms with Crippen molar-refractivity contribution in [2.24, 2.45) is 11.7 Å². The number of allylic oxidation sites excluding steroid dienone is 2. The number of unbranched alkanes of at least 4 members (excludes halogenated alkanes) is 1. The maximum absolute atomic E-state index is 12.9. The average molecular weight is 876 g/mol. The minimum absolute atomic E-state index is 0.00945.